The predicted molar refractivity (Wildman–Crippen MR) is 95.2 cm³/mol. The van der Waals surface area contributed by atoms with Gasteiger partial charge in [-0.2, -0.15) is 11.8 Å². The predicted octanol–water partition coefficient (Wildman–Crippen LogP) is 3.23. The summed E-state index contributed by atoms with van der Waals surface area (Å²) in [6.45, 7) is 2.33. The van der Waals surface area contributed by atoms with Crippen LogP contribution >= 0.6 is 11.8 Å². The number of thioether (sulfide) groups is 1. The van der Waals surface area contributed by atoms with Gasteiger partial charge in [-0.1, -0.05) is 6.07 Å². The Labute approximate surface area is 143 Å². The quantitative estimate of drug-likeness (QED) is 0.714. The molecule has 0 amide bonds. The van der Waals surface area contributed by atoms with Crippen molar-refractivity contribution in [3.8, 4) is 5.88 Å². The molecule has 0 unspecified atom stereocenters. The molecule has 5 heteroatoms. The number of aromatic nitrogens is 1. The van der Waals surface area contributed by atoms with E-state index in [1.807, 2.05) is 37.1 Å². The first-order chi connectivity index (χ1) is 11.3. The van der Waals surface area contributed by atoms with Crippen molar-refractivity contribution >= 4 is 11.8 Å². The number of hydrogen-bond acceptors (Lipinski definition) is 5. The Morgan fingerprint density at radius 3 is 3.04 bits per heavy atom. The second-order valence-corrected chi connectivity index (χ2v) is 7.58. The van der Waals surface area contributed by atoms with Crippen molar-refractivity contribution in [2.24, 2.45) is 0 Å². The third-order valence-electron chi connectivity index (χ3n) is 5.37. The van der Waals surface area contributed by atoms with Crippen molar-refractivity contribution in [1.29, 1.82) is 0 Å². The molecule has 0 radical (unpaired) electrons. The van der Waals surface area contributed by atoms with Gasteiger partial charge in [0.1, 0.15) is 6.10 Å². The summed E-state index contributed by atoms with van der Waals surface area (Å²) in [6.07, 6.45) is 9.82. The second-order valence-electron chi connectivity index (χ2n) is 6.60. The lowest BCUT2D eigenvalue weighted by atomic mass is 9.79. The van der Waals surface area contributed by atoms with Gasteiger partial charge in [0.15, 0.2) is 0 Å². The SMILES string of the molecule is CO[C@@]12CC[C@H](Oc3ccccn3)C[C@@H]1N(CCCSC)CC2. The average molecular weight is 337 g/mol. The van der Waals surface area contributed by atoms with Gasteiger partial charge in [-0.05, 0) is 50.3 Å². The summed E-state index contributed by atoms with van der Waals surface area (Å²) in [4.78, 5) is 6.94. The van der Waals surface area contributed by atoms with Crippen LogP contribution in [0.3, 0.4) is 0 Å². The van der Waals surface area contributed by atoms with E-state index < -0.39 is 0 Å². The fourth-order valence-corrected chi connectivity index (χ4v) is 4.55. The number of methoxy groups -OCH3 is 1. The first kappa shape index (κ1) is 17.1. The van der Waals surface area contributed by atoms with E-state index in [1.54, 1.807) is 6.20 Å². The summed E-state index contributed by atoms with van der Waals surface area (Å²) < 4.78 is 12.1. The van der Waals surface area contributed by atoms with E-state index in [-0.39, 0.29) is 11.7 Å². The van der Waals surface area contributed by atoms with Crippen LogP contribution in [0.5, 0.6) is 5.88 Å². The minimum atomic E-state index is 0.0450. The van der Waals surface area contributed by atoms with Crippen molar-refractivity contribution < 1.29 is 9.47 Å². The molecule has 128 valence electrons. The van der Waals surface area contributed by atoms with Crippen LogP contribution in [0.25, 0.3) is 0 Å². The molecule has 1 aromatic heterocycles. The molecule has 2 fully saturated rings. The van der Waals surface area contributed by atoms with E-state index in [4.69, 9.17) is 9.47 Å². The van der Waals surface area contributed by atoms with E-state index in [2.05, 4.69) is 16.1 Å². The van der Waals surface area contributed by atoms with Crippen molar-refractivity contribution in [3.05, 3.63) is 24.4 Å². The second kappa shape index (κ2) is 7.86. The van der Waals surface area contributed by atoms with Crippen LogP contribution in [-0.4, -0.2) is 59.8 Å². The lowest BCUT2D eigenvalue weighted by Crippen LogP contribution is -2.52. The molecule has 0 spiro atoms. The normalized spacial score (nSPS) is 31.0. The molecule has 1 aliphatic carbocycles. The standard InChI is InChI=1S/C18H28N2O2S/c1-21-18-8-7-15(22-17-6-3-4-10-19-17)14-16(18)20(12-9-18)11-5-13-23-2/h3-4,6,10,15-16H,5,7-9,11-14H2,1-2H3/t15-,16-,18+/m0/s1. The van der Waals surface area contributed by atoms with Gasteiger partial charge in [0.25, 0.3) is 0 Å². The van der Waals surface area contributed by atoms with Gasteiger partial charge in [0.2, 0.25) is 5.88 Å². The number of rotatable bonds is 7. The number of nitrogens with zero attached hydrogens (tertiary/aromatic N) is 2. The molecule has 4 nitrogen and oxygen atoms in total. The van der Waals surface area contributed by atoms with E-state index in [0.717, 1.165) is 38.1 Å². The highest BCUT2D eigenvalue weighted by Crippen LogP contribution is 2.43. The Morgan fingerprint density at radius 2 is 2.30 bits per heavy atom. The summed E-state index contributed by atoms with van der Waals surface area (Å²) >= 11 is 1.93. The van der Waals surface area contributed by atoms with Crippen molar-refractivity contribution in [3.63, 3.8) is 0 Å². The maximum Gasteiger partial charge on any atom is 0.213 e. The van der Waals surface area contributed by atoms with Gasteiger partial charge in [-0.15, -0.1) is 0 Å². The Hall–Kier alpha value is -0.780. The minimum absolute atomic E-state index is 0.0450. The lowest BCUT2D eigenvalue weighted by molar-refractivity contribution is -0.0831. The summed E-state index contributed by atoms with van der Waals surface area (Å²) in [5.41, 5.74) is 0.0450. The Bertz CT molecular complexity index is 487. The number of hydrogen-bond donors (Lipinski definition) is 0. The molecule has 1 aromatic rings. The van der Waals surface area contributed by atoms with E-state index in [9.17, 15) is 0 Å². The summed E-state index contributed by atoms with van der Waals surface area (Å²) in [5.74, 6) is 1.98. The van der Waals surface area contributed by atoms with Gasteiger partial charge < -0.3 is 9.47 Å². The molecular formula is C18H28N2O2S. The van der Waals surface area contributed by atoms with Crippen LogP contribution in [0.15, 0.2) is 24.4 Å². The molecule has 1 saturated carbocycles. The first-order valence-electron chi connectivity index (χ1n) is 8.63. The highest BCUT2D eigenvalue weighted by Gasteiger charge is 2.51. The third kappa shape index (κ3) is 3.83. The molecular weight excluding hydrogens is 308 g/mol. The third-order valence-corrected chi connectivity index (χ3v) is 6.07. The van der Waals surface area contributed by atoms with Gasteiger partial charge in [0.05, 0.1) is 5.60 Å². The van der Waals surface area contributed by atoms with Crippen LogP contribution in [0.2, 0.25) is 0 Å². The Morgan fingerprint density at radius 1 is 1.39 bits per heavy atom. The zero-order valence-electron chi connectivity index (χ0n) is 14.2. The summed E-state index contributed by atoms with van der Waals surface area (Å²) in [6, 6.07) is 6.34. The van der Waals surface area contributed by atoms with E-state index in [0.29, 0.717) is 6.04 Å². The Balaban J connectivity index is 1.63. The highest BCUT2D eigenvalue weighted by molar-refractivity contribution is 7.98. The molecule has 0 N–H and O–H groups in total. The molecule has 1 aliphatic heterocycles. The van der Waals surface area contributed by atoms with Gasteiger partial charge in [-0.25, -0.2) is 4.98 Å². The lowest BCUT2D eigenvalue weighted by Gasteiger charge is -2.43. The van der Waals surface area contributed by atoms with Crippen molar-refractivity contribution in [1.82, 2.24) is 9.88 Å². The van der Waals surface area contributed by atoms with Crippen molar-refractivity contribution in [2.75, 3.05) is 32.2 Å². The smallest absolute Gasteiger partial charge is 0.213 e. The number of pyridine rings is 1. The number of fused-ring (bicyclic) bond motifs is 1. The van der Waals surface area contributed by atoms with Gasteiger partial charge in [0, 0.05) is 38.4 Å². The zero-order chi connectivity index (χ0) is 16.1. The van der Waals surface area contributed by atoms with Crippen LogP contribution in [-0.2, 0) is 4.74 Å². The average Bonchev–Trinajstić information content (AvgIpc) is 2.95. The number of ether oxygens (including phenoxy) is 2. The molecule has 0 aromatic carbocycles. The molecule has 3 rings (SSSR count). The molecule has 3 atom stereocenters. The molecule has 2 aliphatic rings. The zero-order valence-corrected chi connectivity index (χ0v) is 15.1. The molecule has 2 heterocycles. The van der Waals surface area contributed by atoms with E-state index in [1.165, 1.54) is 18.7 Å². The first-order valence-corrected chi connectivity index (χ1v) is 10.0. The number of likely N-dealkylation sites (tertiary alicyclic amines) is 1. The maximum absolute atomic E-state index is 6.13. The molecule has 1 saturated heterocycles. The fraction of sp³-hybridized carbons (Fsp3) is 0.722. The summed E-state index contributed by atoms with van der Waals surface area (Å²) in [7, 11) is 1.89. The van der Waals surface area contributed by atoms with Crippen LogP contribution in [0, 0.1) is 0 Å². The topological polar surface area (TPSA) is 34.6 Å². The highest BCUT2D eigenvalue weighted by atomic mass is 32.2. The fourth-order valence-electron chi connectivity index (χ4n) is 4.13. The van der Waals surface area contributed by atoms with Crippen molar-refractivity contribution in [2.45, 2.75) is 49.9 Å². The summed E-state index contributed by atoms with van der Waals surface area (Å²) in [5, 5.41) is 0. The maximum atomic E-state index is 6.13. The molecule has 0 bridgehead atoms. The monoisotopic (exact) mass is 336 g/mol. The largest absolute Gasteiger partial charge is 0.474 e. The minimum Gasteiger partial charge on any atom is -0.474 e. The van der Waals surface area contributed by atoms with E-state index >= 15 is 0 Å². The van der Waals surface area contributed by atoms with Gasteiger partial charge in [-0.3, -0.25) is 4.90 Å². The van der Waals surface area contributed by atoms with Crippen LogP contribution in [0.4, 0.5) is 0 Å². The molecule has 23 heavy (non-hydrogen) atoms. The van der Waals surface area contributed by atoms with Crippen LogP contribution < -0.4 is 4.74 Å². The Kier molecular flexibility index (Phi) is 5.83. The van der Waals surface area contributed by atoms with Gasteiger partial charge >= 0.3 is 0 Å². The van der Waals surface area contributed by atoms with Crippen LogP contribution in [0.1, 0.15) is 32.1 Å².